The summed E-state index contributed by atoms with van der Waals surface area (Å²) in [5.74, 6) is -0.645. The fraction of sp³-hybridized carbons (Fsp3) is 0.462. The first-order chi connectivity index (χ1) is 16.0. The maximum absolute atomic E-state index is 13.0. The molecule has 0 atom stereocenters. The zero-order valence-corrected chi connectivity index (χ0v) is 19.5. The van der Waals surface area contributed by atoms with Crippen molar-refractivity contribution < 1.29 is 19.4 Å². The quantitative estimate of drug-likeness (QED) is 0.712. The van der Waals surface area contributed by atoms with E-state index in [1.54, 1.807) is 50.6 Å². The van der Waals surface area contributed by atoms with E-state index in [-0.39, 0.29) is 11.5 Å². The number of carbonyl (C=O) groups is 2. The molecule has 2 fully saturated rings. The number of hydrogen-bond donors (Lipinski definition) is 1. The lowest BCUT2D eigenvalue weighted by Crippen LogP contribution is -2.46. The zero-order chi connectivity index (χ0) is 23.4. The van der Waals surface area contributed by atoms with E-state index in [1.165, 1.54) is 37.3 Å². The molecule has 1 N–H and O–H groups in total. The van der Waals surface area contributed by atoms with Gasteiger partial charge in [0.05, 0.1) is 18.4 Å². The van der Waals surface area contributed by atoms with Crippen LogP contribution in [0.25, 0.3) is 0 Å². The van der Waals surface area contributed by atoms with Crippen LogP contribution in [0.3, 0.4) is 0 Å². The lowest BCUT2D eigenvalue weighted by atomic mass is 9.99. The minimum atomic E-state index is -1.04. The van der Waals surface area contributed by atoms with Crippen molar-refractivity contribution in [1.29, 1.82) is 0 Å². The molecule has 0 saturated carbocycles. The molecule has 2 aromatic rings. The van der Waals surface area contributed by atoms with Crippen LogP contribution < -0.4 is 14.5 Å². The predicted octanol–water partition coefficient (Wildman–Crippen LogP) is 4.12. The molecule has 0 radical (unpaired) electrons. The highest BCUT2D eigenvalue weighted by atomic mass is 16.5. The van der Waals surface area contributed by atoms with E-state index >= 15 is 0 Å². The van der Waals surface area contributed by atoms with Crippen LogP contribution in [0.4, 0.5) is 11.4 Å². The summed E-state index contributed by atoms with van der Waals surface area (Å²) in [6.45, 7) is 4.24. The molecule has 1 amide bonds. The fourth-order valence-corrected chi connectivity index (χ4v) is 4.99. The summed E-state index contributed by atoms with van der Waals surface area (Å²) in [6.07, 6.45) is 6.13. The standard InChI is InChI=1S/C26H33N3O4/c1-27(25(30)19-6-9-22(33-2)10-7-19)24-11-8-21(18-23(24)26(31)32)29-16-12-20(13-17-29)28-14-4-3-5-15-28/h6-11,18,20H,3-5,12-17H2,1-2H3,(H,31,32). The number of methoxy groups -OCH3 is 1. The van der Waals surface area contributed by atoms with Gasteiger partial charge in [-0.05, 0) is 81.2 Å². The predicted molar refractivity (Wildman–Crippen MR) is 130 cm³/mol. The van der Waals surface area contributed by atoms with E-state index < -0.39 is 5.97 Å². The van der Waals surface area contributed by atoms with Crippen LogP contribution in [0.15, 0.2) is 42.5 Å². The van der Waals surface area contributed by atoms with E-state index in [9.17, 15) is 14.7 Å². The number of carboxylic acid groups (broad SMARTS) is 1. The number of hydrogen-bond acceptors (Lipinski definition) is 5. The van der Waals surface area contributed by atoms with Crippen LogP contribution in [0.2, 0.25) is 0 Å². The van der Waals surface area contributed by atoms with Gasteiger partial charge in [0.15, 0.2) is 0 Å². The van der Waals surface area contributed by atoms with Crippen LogP contribution in [-0.2, 0) is 0 Å². The molecule has 176 valence electrons. The monoisotopic (exact) mass is 451 g/mol. The summed E-state index contributed by atoms with van der Waals surface area (Å²) < 4.78 is 5.15. The van der Waals surface area contributed by atoms with E-state index in [2.05, 4.69) is 9.80 Å². The largest absolute Gasteiger partial charge is 0.497 e. The van der Waals surface area contributed by atoms with E-state index in [4.69, 9.17) is 4.74 Å². The molecule has 0 aliphatic carbocycles. The maximum atomic E-state index is 13.0. The van der Waals surface area contributed by atoms with Crippen molar-refractivity contribution in [3.05, 3.63) is 53.6 Å². The van der Waals surface area contributed by atoms with Gasteiger partial charge in [0.25, 0.3) is 5.91 Å². The second kappa shape index (κ2) is 10.3. The number of rotatable bonds is 6. The van der Waals surface area contributed by atoms with Gasteiger partial charge in [0, 0.05) is 37.4 Å². The number of nitrogens with zero attached hydrogens (tertiary/aromatic N) is 3. The Balaban J connectivity index is 1.48. The summed E-state index contributed by atoms with van der Waals surface area (Å²) in [5.41, 5.74) is 1.89. The highest BCUT2D eigenvalue weighted by Crippen LogP contribution is 2.30. The highest BCUT2D eigenvalue weighted by molar-refractivity contribution is 6.09. The Morgan fingerprint density at radius 2 is 1.64 bits per heavy atom. The van der Waals surface area contributed by atoms with Gasteiger partial charge in [-0.2, -0.15) is 0 Å². The summed E-state index contributed by atoms with van der Waals surface area (Å²) in [4.78, 5) is 31.3. The van der Waals surface area contributed by atoms with Gasteiger partial charge in [-0.25, -0.2) is 4.79 Å². The number of likely N-dealkylation sites (tertiary alicyclic amines) is 1. The third-order valence-electron chi connectivity index (χ3n) is 6.95. The summed E-state index contributed by atoms with van der Waals surface area (Å²) >= 11 is 0. The van der Waals surface area contributed by atoms with E-state index in [0.29, 0.717) is 23.0 Å². The third kappa shape index (κ3) is 5.14. The van der Waals surface area contributed by atoms with Gasteiger partial charge >= 0.3 is 5.97 Å². The molecule has 2 aliphatic rings. The van der Waals surface area contributed by atoms with Crippen LogP contribution >= 0.6 is 0 Å². The number of carbonyl (C=O) groups excluding carboxylic acids is 1. The molecule has 0 aromatic heterocycles. The molecular weight excluding hydrogens is 418 g/mol. The highest BCUT2D eigenvalue weighted by Gasteiger charge is 2.27. The van der Waals surface area contributed by atoms with Crippen molar-refractivity contribution in [2.24, 2.45) is 0 Å². The van der Waals surface area contributed by atoms with E-state index in [0.717, 1.165) is 31.6 Å². The van der Waals surface area contributed by atoms with Crippen LogP contribution in [-0.4, -0.2) is 68.3 Å². The smallest absolute Gasteiger partial charge is 0.337 e. The fourth-order valence-electron chi connectivity index (χ4n) is 4.99. The Morgan fingerprint density at radius 3 is 2.24 bits per heavy atom. The zero-order valence-electron chi connectivity index (χ0n) is 19.5. The van der Waals surface area contributed by atoms with Crippen molar-refractivity contribution in [3.8, 4) is 5.75 Å². The Kier molecular flexibility index (Phi) is 7.18. The SMILES string of the molecule is COc1ccc(C(=O)N(C)c2ccc(N3CCC(N4CCCCC4)CC3)cc2C(=O)O)cc1. The van der Waals surface area contributed by atoms with Crippen molar-refractivity contribution >= 4 is 23.3 Å². The topological polar surface area (TPSA) is 73.3 Å². The van der Waals surface area contributed by atoms with Crippen LogP contribution in [0.5, 0.6) is 5.75 Å². The average Bonchev–Trinajstić information content (AvgIpc) is 2.88. The van der Waals surface area contributed by atoms with Crippen molar-refractivity contribution in [1.82, 2.24) is 4.90 Å². The molecular formula is C26H33N3O4. The number of piperidine rings is 2. The second-order valence-corrected chi connectivity index (χ2v) is 8.91. The number of anilines is 2. The Morgan fingerprint density at radius 1 is 0.970 bits per heavy atom. The average molecular weight is 452 g/mol. The second-order valence-electron chi connectivity index (χ2n) is 8.91. The number of ether oxygens (including phenoxy) is 1. The summed E-state index contributed by atoms with van der Waals surface area (Å²) in [6, 6.07) is 12.8. The molecule has 33 heavy (non-hydrogen) atoms. The van der Waals surface area contributed by atoms with Gasteiger partial charge in [-0.3, -0.25) is 4.79 Å². The molecule has 0 unspecified atom stereocenters. The minimum absolute atomic E-state index is 0.134. The van der Waals surface area contributed by atoms with Gasteiger partial charge in [0.2, 0.25) is 0 Å². The Bertz CT molecular complexity index is 978. The molecule has 7 nitrogen and oxygen atoms in total. The van der Waals surface area contributed by atoms with E-state index in [1.807, 2.05) is 6.07 Å². The van der Waals surface area contributed by atoms with Crippen LogP contribution in [0.1, 0.15) is 52.8 Å². The summed E-state index contributed by atoms with van der Waals surface area (Å²) in [7, 11) is 3.18. The molecule has 0 spiro atoms. The van der Waals surface area contributed by atoms with Crippen molar-refractivity contribution in [3.63, 3.8) is 0 Å². The summed E-state index contributed by atoms with van der Waals surface area (Å²) in [5, 5.41) is 9.89. The van der Waals surface area contributed by atoms with Gasteiger partial charge in [0.1, 0.15) is 5.75 Å². The molecule has 7 heteroatoms. The minimum Gasteiger partial charge on any atom is -0.497 e. The molecule has 4 rings (SSSR count). The van der Waals surface area contributed by atoms with Gasteiger partial charge < -0.3 is 24.5 Å². The number of carboxylic acids is 1. The lowest BCUT2D eigenvalue weighted by Gasteiger charge is -2.41. The van der Waals surface area contributed by atoms with Gasteiger partial charge in [-0.15, -0.1) is 0 Å². The Hall–Kier alpha value is -3.06. The number of benzene rings is 2. The van der Waals surface area contributed by atoms with Crippen LogP contribution in [0, 0.1) is 0 Å². The first kappa shape index (κ1) is 23.1. The molecule has 2 saturated heterocycles. The maximum Gasteiger partial charge on any atom is 0.337 e. The van der Waals surface area contributed by atoms with Gasteiger partial charge in [-0.1, -0.05) is 6.42 Å². The molecule has 2 heterocycles. The first-order valence-electron chi connectivity index (χ1n) is 11.8. The normalized spacial score (nSPS) is 17.6. The van der Waals surface area contributed by atoms with Crippen molar-refractivity contribution in [2.75, 3.05) is 50.1 Å². The molecule has 2 aromatic carbocycles. The third-order valence-corrected chi connectivity index (χ3v) is 6.95. The lowest BCUT2D eigenvalue weighted by molar-refractivity contribution is 0.0697. The number of aromatic carboxylic acids is 1. The molecule has 0 bridgehead atoms. The Labute approximate surface area is 195 Å². The molecule has 2 aliphatic heterocycles. The first-order valence-corrected chi connectivity index (χ1v) is 11.8. The van der Waals surface area contributed by atoms with Crippen molar-refractivity contribution in [2.45, 2.75) is 38.1 Å². The number of amides is 1.